The normalized spacial score (nSPS) is 32.3. The van der Waals surface area contributed by atoms with Crippen molar-refractivity contribution in [2.24, 2.45) is 35.0 Å². The van der Waals surface area contributed by atoms with Gasteiger partial charge in [-0.1, -0.05) is 65.0 Å². The molecule has 2 nitrogen and oxygen atoms in total. The molecule has 0 amide bonds. The van der Waals surface area contributed by atoms with Crippen LogP contribution >= 0.6 is 0 Å². The summed E-state index contributed by atoms with van der Waals surface area (Å²) in [5.41, 5.74) is 0.952. The van der Waals surface area contributed by atoms with Gasteiger partial charge in [-0.3, -0.25) is 0 Å². The molecule has 2 fully saturated rings. The van der Waals surface area contributed by atoms with E-state index < -0.39 is 0 Å². The van der Waals surface area contributed by atoms with Crippen molar-refractivity contribution in [3.05, 3.63) is 48.0 Å². The lowest BCUT2D eigenvalue weighted by atomic mass is 9.61. The second kappa shape index (κ2) is 8.84. The van der Waals surface area contributed by atoms with Gasteiger partial charge in [0.2, 0.25) is 0 Å². The number of benzene rings is 1. The van der Waals surface area contributed by atoms with E-state index in [1.54, 1.807) is 0 Å². The maximum atomic E-state index is 12.6. The molecule has 0 saturated heterocycles. The first-order chi connectivity index (χ1) is 13.3. The highest BCUT2D eigenvalue weighted by atomic mass is 16.5. The van der Waals surface area contributed by atoms with Crippen molar-refractivity contribution in [1.29, 1.82) is 0 Å². The summed E-state index contributed by atoms with van der Waals surface area (Å²) in [5, 5.41) is 0. The molecule has 2 heteroatoms. The van der Waals surface area contributed by atoms with Crippen LogP contribution in [-0.2, 0) is 4.74 Å². The smallest absolute Gasteiger partial charge is 0.338 e. The van der Waals surface area contributed by atoms with E-state index in [2.05, 4.69) is 46.8 Å². The Kier molecular flexibility index (Phi) is 6.68. The highest BCUT2D eigenvalue weighted by Gasteiger charge is 2.53. The Bertz CT molecular complexity index is 677. The molecular weight excluding hydrogens is 344 g/mol. The quantitative estimate of drug-likeness (QED) is 0.394. The minimum Gasteiger partial charge on any atom is -0.458 e. The van der Waals surface area contributed by atoms with Crippen molar-refractivity contribution in [2.75, 3.05) is 0 Å². The standard InChI is InChI=1S/C26H38O2/c1-18(2)19(3)13-14-20(4)22-15-16-23-24(12-9-17-26(22,23)5)28-25(27)21-10-7-6-8-11-21/h6-8,10-11,13-14,18-20,22-24H,9,12,15-17H2,1-5H3/b14-13+/t19-,20+,22+,23-,24-,26+/m0/s1. The fourth-order valence-electron chi connectivity index (χ4n) is 5.65. The summed E-state index contributed by atoms with van der Waals surface area (Å²) in [6, 6.07) is 9.44. The van der Waals surface area contributed by atoms with Crippen LogP contribution in [0.5, 0.6) is 0 Å². The molecule has 0 heterocycles. The van der Waals surface area contributed by atoms with E-state index in [0.29, 0.717) is 35.2 Å². The Hall–Kier alpha value is -1.57. The lowest BCUT2D eigenvalue weighted by molar-refractivity contribution is -0.0444. The molecule has 154 valence electrons. The van der Waals surface area contributed by atoms with Crippen LogP contribution in [0.2, 0.25) is 0 Å². The summed E-state index contributed by atoms with van der Waals surface area (Å²) in [6.07, 6.45) is 10.8. The predicted molar refractivity (Wildman–Crippen MR) is 116 cm³/mol. The van der Waals surface area contributed by atoms with E-state index in [1.807, 2.05) is 30.3 Å². The average molecular weight is 383 g/mol. The summed E-state index contributed by atoms with van der Waals surface area (Å²) in [5.74, 6) is 2.92. The molecule has 0 bridgehead atoms. The number of allylic oxidation sites excluding steroid dienone is 2. The highest BCUT2D eigenvalue weighted by Crippen LogP contribution is 2.58. The minimum absolute atomic E-state index is 0.0715. The number of rotatable bonds is 6. The number of carbonyl (C=O) groups is 1. The topological polar surface area (TPSA) is 26.3 Å². The van der Waals surface area contributed by atoms with Crippen molar-refractivity contribution in [3.63, 3.8) is 0 Å². The number of ether oxygens (including phenoxy) is 1. The molecule has 0 N–H and O–H groups in total. The fourth-order valence-corrected chi connectivity index (χ4v) is 5.65. The van der Waals surface area contributed by atoms with Crippen LogP contribution in [0.15, 0.2) is 42.5 Å². The first kappa shape index (κ1) is 21.1. The first-order valence-corrected chi connectivity index (χ1v) is 11.3. The predicted octanol–water partition coefficient (Wildman–Crippen LogP) is 6.91. The highest BCUT2D eigenvalue weighted by molar-refractivity contribution is 5.89. The zero-order valence-electron chi connectivity index (χ0n) is 18.4. The molecule has 2 aliphatic rings. The van der Waals surface area contributed by atoms with Gasteiger partial charge >= 0.3 is 5.97 Å². The van der Waals surface area contributed by atoms with Gasteiger partial charge in [-0.25, -0.2) is 4.79 Å². The van der Waals surface area contributed by atoms with Gasteiger partial charge in [-0.15, -0.1) is 0 Å². The van der Waals surface area contributed by atoms with Crippen molar-refractivity contribution in [3.8, 4) is 0 Å². The molecule has 1 aromatic rings. The Morgan fingerprint density at radius 2 is 1.79 bits per heavy atom. The van der Waals surface area contributed by atoms with Gasteiger partial charge in [-0.05, 0) is 73.3 Å². The summed E-state index contributed by atoms with van der Waals surface area (Å²) in [4.78, 5) is 12.6. The number of fused-ring (bicyclic) bond motifs is 1. The maximum Gasteiger partial charge on any atom is 0.338 e. The average Bonchev–Trinajstić information content (AvgIpc) is 3.04. The number of esters is 1. The van der Waals surface area contributed by atoms with Crippen LogP contribution in [0.3, 0.4) is 0 Å². The molecule has 0 unspecified atom stereocenters. The minimum atomic E-state index is -0.156. The third-order valence-corrected chi connectivity index (χ3v) is 7.81. The first-order valence-electron chi connectivity index (χ1n) is 11.3. The molecule has 2 saturated carbocycles. The van der Waals surface area contributed by atoms with E-state index in [4.69, 9.17) is 4.74 Å². The van der Waals surface area contributed by atoms with E-state index in [1.165, 1.54) is 19.3 Å². The van der Waals surface area contributed by atoms with Gasteiger partial charge in [0, 0.05) is 5.92 Å². The van der Waals surface area contributed by atoms with Crippen LogP contribution < -0.4 is 0 Å². The summed E-state index contributed by atoms with van der Waals surface area (Å²) in [6.45, 7) is 11.8. The third kappa shape index (κ3) is 4.36. The largest absolute Gasteiger partial charge is 0.458 e. The van der Waals surface area contributed by atoms with Crippen LogP contribution in [0.25, 0.3) is 0 Å². The summed E-state index contributed by atoms with van der Waals surface area (Å²) in [7, 11) is 0. The van der Waals surface area contributed by atoms with Crippen molar-refractivity contribution < 1.29 is 9.53 Å². The zero-order valence-corrected chi connectivity index (χ0v) is 18.4. The van der Waals surface area contributed by atoms with E-state index >= 15 is 0 Å². The van der Waals surface area contributed by atoms with Crippen LogP contribution in [0, 0.1) is 35.0 Å². The molecular formula is C26H38O2. The summed E-state index contributed by atoms with van der Waals surface area (Å²) < 4.78 is 6.06. The van der Waals surface area contributed by atoms with E-state index in [9.17, 15) is 4.79 Å². The van der Waals surface area contributed by atoms with Crippen molar-refractivity contribution >= 4 is 5.97 Å². The molecule has 1 aromatic carbocycles. The van der Waals surface area contributed by atoms with E-state index in [-0.39, 0.29) is 17.5 Å². The van der Waals surface area contributed by atoms with E-state index in [0.717, 1.165) is 12.8 Å². The van der Waals surface area contributed by atoms with Crippen molar-refractivity contribution in [2.45, 2.75) is 72.8 Å². The monoisotopic (exact) mass is 382 g/mol. The second-order valence-corrected chi connectivity index (χ2v) is 9.85. The van der Waals surface area contributed by atoms with Crippen LogP contribution in [-0.4, -0.2) is 12.1 Å². The number of hydrogen-bond donors (Lipinski definition) is 0. The molecule has 6 atom stereocenters. The Morgan fingerprint density at radius 1 is 1.07 bits per heavy atom. The molecule has 0 radical (unpaired) electrons. The van der Waals surface area contributed by atoms with Crippen LogP contribution in [0.4, 0.5) is 0 Å². The van der Waals surface area contributed by atoms with Gasteiger partial charge in [-0.2, -0.15) is 0 Å². The van der Waals surface area contributed by atoms with Crippen molar-refractivity contribution in [1.82, 2.24) is 0 Å². The Morgan fingerprint density at radius 3 is 2.46 bits per heavy atom. The molecule has 2 aliphatic carbocycles. The summed E-state index contributed by atoms with van der Waals surface area (Å²) >= 11 is 0. The Labute approximate surface area is 171 Å². The fraction of sp³-hybridized carbons (Fsp3) is 0.654. The SMILES string of the molecule is CC(C)[C@@H](C)/C=C/[C@@H](C)[C@H]1CC[C@H]2[C@@H](OC(=O)c3ccccc3)CCC[C@]12C. The molecule has 0 aliphatic heterocycles. The second-order valence-electron chi connectivity index (χ2n) is 9.85. The Balaban J connectivity index is 1.69. The van der Waals surface area contributed by atoms with Crippen LogP contribution in [0.1, 0.15) is 77.1 Å². The number of hydrogen-bond acceptors (Lipinski definition) is 2. The van der Waals surface area contributed by atoms with Gasteiger partial charge < -0.3 is 4.74 Å². The van der Waals surface area contributed by atoms with Gasteiger partial charge in [0.05, 0.1) is 5.56 Å². The van der Waals surface area contributed by atoms with Gasteiger partial charge in [0.15, 0.2) is 0 Å². The lowest BCUT2D eigenvalue weighted by Crippen LogP contribution is -2.43. The molecule has 3 rings (SSSR count). The van der Waals surface area contributed by atoms with Gasteiger partial charge in [0.1, 0.15) is 6.10 Å². The zero-order chi connectivity index (χ0) is 20.3. The molecule has 0 aromatic heterocycles. The molecule has 0 spiro atoms. The maximum absolute atomic E-state index is 12.6. The van der Waals surface area contributed by atoms with Gasteiger partial charge in [0.25, 0.3) is 0 Å². The number of carbonyl (C=O) groups excluding carboxylic acids is 1. The lowest BCUT2D eigenvalue weighted by Gasteiger charge is -2.45. The molecule has 28 heavy (non-hydrogen) atoms. The third-order valence-electron chi connectivity index (χ3n) is 7.81.